The molecule has 0 aliphatic carbocycles. The number of benzene rings is 1. The zero-order valence-electron chi connectivity index (χ0n) is 15.4. The van der Waals surface area contributed by atoms with Gasteiger partial charge in [0.2, 0.25) is 5.91 Å². The van der Waals surface area contributed by atoms with E-state index < -0.39 is 29.4 Å². The van der Waals surface area contributed by atoms with Crippen LogP contribution in [0, 0.1) is 6.92 Å². The lowest BCUT2D eigenvalue weighted by molar-refractivity contribution is -0.144. The molecule has 3 aromatic rings. The summed E-state index contributed by atoms with van der Waals surface area (Å²) in [6.45, 7) is 1.22. The van der Waals surface area contributed by atoms with E-state index in [9.17, 15) is 31.1 Å². The highest BCUT2D eigenvalue weighted by atomic mass is 19.4. The van der Waals surface area contributed by atoms with E-state index in [0.29, 0.717) is 15.8 Å². The SMILES string of the molecule is COc1cc(-c2c(C(F)(F)F)cc(C)c3nc(C(F)(F)F)nn23)cc2c1NC(=O)C2. The van der Waals surface area contributed by atoms with Crippen LogP contribution in [0.2, 0.25) is 0 Å². The molecule has 1 aliphatic heterocycles. The highest BCUT2D eigenvalue weighted by molar-refractivity contribution is 6.01. The Balaban J connectivity index is 2.09. The molecule has 0 saturated heterocycles. The number of ether oxygens (including phenoxy) is 1. The molecule has 0 fully saturated rings. The van der Waals surface area contributed by atoms with Gasteiger partial charge in [-0.25, -0.2) is 9.50 Å². The van der Waals surface area contributed by atoms with Gasteiger partial charge in [-0.15, -0.1) is 5.10 Å². The van der Waals surface area contributed by atoms with Gasteiger partial charge in [0.15, 0.2) is 5.65 Å². The molecule has 0 radical (unpaired) electrons. The summed E-state index contributed by atoms with van der Waals surface area (Å²) in [5, 5.41) is 5.86. The number of carbonyl (C=O) groups is 1. The lowest BCUT2D eigenvalue weighted by Crippen LogP contribution is -2.13. The third kappa shape index (κ3) is 3.12. The Labute approximate surface area is 164 Å². The van der Waals surface area contributed by atoms with Crippen LogP contribution in [-0.2, 0) is 23.6 Å². The molecule has 0 bridgehead atoms. The van der Waals surface area contributed by atoms with Gasteiger partial charge in [-0.3, -0.25) is 4.79 Å². The van der Waals surface area contributed by atoms with E-state index in [0.717, 1.165) is 6.07 Å². The number of hydrogen-bond donors (Lipinski definition) is 1. The molecule has 0 saturated carbocycles. The predicted molar refractivity (Wildman–Crippen MR) is 92.0 cm³/mol. The number of aromatic nitrogens is 3. The first-order chi connectivity index (χ1) is 13.9. The molecule has 3 heterocycles. The van der Waals surface area contributed by atoms with Crippen LogP contribution in [0.15, 0.2) is 18.2 Å². The molecule has 158 valence electrons. The minimum absolute atomic E-state index is 0.0753. The Bertz CT molecular complexity index is 1200. The summed E-state index contributed by atoms with van der Waals surface area (Å²) >= 11 is 0. The van der Waals surface area contributed by atoms with E-state index in [1.807, 2.05) is 0 Å². The molecule has 1 aliphatic rings. The van der Waals surface area contributed by atoms with Gasteiger partial charge in [-0.2, -0.15) is 26.3 Å². The maximum atomic E-state index is 13.8. The maximum Gasteiger partial charge on any atom is 0.453 e. The van der Waals surface area contributed by atoms with Crippen molar-refractivity contribution in [2.75, 3.05) is 12.4 Å². The van der Waals surface area contributed by atoms with Crippen LogP contribution in [0.1, 0.15) is 22.5 Å². The highest BCUT2D eigenvalue weighted by Gasteiger charge is 2.40. The van der Waals surface area contributed by atoms with Gasteiger partial charge in [-0.1, -0.05) is 0 Å². The number of rotatable bonds is 2. The van der Waals surface area contributed by atoms with Gasteiger partial charge in [0.05, 0.1) is 30.5 Å². The number of hydrogen-bond acceptors (Lipinski definition) is 4. The van der Waals surface area contributed by atoms with Crippen molar-refractivity contribution >= 4 is 17.2 Å². The second-order valence-electron chi connectivity index (χ2n) is 6.69. The summed E-state index contributed by atoms with van der Waals surface area (Å²) in [7, 11) is 1.26. The highest BCUT2D eigenvalue weighted by Crippen LogP contribution is 2.43. The van der Waals surface area contributed by atoms with Crippen molar-refractivity contribution in [1.82, 2.24) is 14.6 Å². The van der Waals surface area contributed by atoms with Crippen LogP contribution in [-0.4, -0.2) is 27.6 Å². The zero-order valence-corrected chi connectivity index (χ0v) is 15.4. The lowest BCUT2D eigenvalue weighted by atomic mass is 9.99. The van der Waals surface area contributed by atoms with Crippen molar-refractivity contribution in [2.24, 2.45) is 0 Å². The van der Waals surface area contributed by atoms with Crippen molar-refractivity contribution in [3.63, 3.8) is 0 Å². The molecule has 0 spiro atoms. The summed E-state index contributed by atoms with van der Waals surface area (Å²) < 4.78 is 86.6. The molecule has 1 aromatic carbocycles. The number of nitrogens with one attached hydrogen (secondary N) is 1. The van der Waals surface area contributed by atoms with E-state index in [4.69, 9.17) is 4.74 Å². The van der Waals surface area contributed by atoms with E-state index >= 15 is 0 Å². The summed E-state index contributed by atoms with van der Waals surface area (Å²) in [4.78, 5) is 15.1. The van der Waals surface area contributed by atoms with Crippen LogP contribution >= 0.6 is 0 Å². The molecular weight excluding hydrogens is 418 g/mol. The Morgan fingerprint density at radius 2 is 1.80 bits per heavy atom. The van der Waals surface area contributed by atoms with Crippen molar-refractivity contribution in [2.45, 2.75) is 25.7 Å². The van der Waals surface area contributed by atoms with Gasteiger partial charge in [-0.05, 0) is 36.2 Å². The van der Waals surface area contributed by atoms with Crippen LogP contribution in [0.5, 0.6) is 5.75 Å². The third-order valence-electron chi connectivity index (χ3n) is 4.64. The van der Waals surface area contributed by atoms with Crippen molar-refractivity contribution in [1.29, 1.82) is 0 Å². The van der Waals surface area contributed by atoms with Crippen molar-refractivity contribution in [3.8, 4) is 17.0 Å². The first-order valence-corrected chi connectivity index (χ1v) is 8.46. The number of anilines is 1. The average Bonchev–Trinajstić information content (AvgIpc) is 3.23. The quantitative estimate of drug-likeness (QED) is 0.618. The number of alkyl halides is 6. The molecule has 0 atom stereocenters. The van der Waals surface area contributed by atoms with Crippen LogP contribution in [0.4, 0.5) is 32.0 Å². The molecule has 6 nitrogen and oxygen atoms in total. The third-order valence-corrected chi connectivity index (χ3v) is 4.64. The van der Waals surface area contributed by atoms with Crippen LogP contribution in [0.25, 0.3) is 16.9 Å². The number of fused-ring (bicyclic) bond motifs is 2. The number of carbonyl (C=O) groups excluding carboxylic acids is 1. The van der Waals surface area contributed by atoms with E-state index in [1.165, 1.54) is 26.2 Å². The van der Waals surface area contributed by atoms with E-state index in [2.05, 4.69) is 15.4 Å². The second kappa shape index (κ2) is 6.34. The van der Waals surface area contributed by atoms with Gasteiger partial charge < -0.3 is 10.1 Å². The Morgan fingerprint density at radius 1 is 1.10 bits per heavy atom. The van der Waals surface area contributed by atoms with Crippen LogP contribution in [0.3, 0.4) is 0 Å². The first-order valence-electron chi connectivity index (χ1n) is 8.46. The second-order valence-corrected chi connectivity index (χ2v) is 6.69. The monoisotopic (exact) mass is 430 g/mol. The molecule has 4 rings (SSSR count). The van der Waals surface area contributed by atoms with Crippen molar-refractivity contribution in [3.05, 3.63) is 40.7 Å². The number of methoxy groups -OCH3 is 1. The van der Waals surface area contributed by atoms with Crippen molar-refractivity contribution < 1.29 is 35.9 Å². The summed E-state index contributed by atoms with van der Waals surface area (Å²) in [5.41, 5.74) is -1.77. The Hall–Kier alpha value is -3.31. The van der Waals surface area contributed by atoms with Gasteiger partial charge in [0.25, 0.3) is 5.82 Å². The lowest BCUT2D eigenvalue weighted by Gasteiger charge is -2.17. The molecular formula is C18H12F6N4O2. The van der Waals surface area contributed by atoms with Gasteiger partial charge >= 0.3 is 12.4 Å². The summed E-state index contributed by atoms with van der Waals surface area (Å²) in [5.74, 6) is -1.87. The normalized spacial score (nSPS) is 14.2. The minimum Gasteiger partial charge on any atom is -0.495 e. The smallest absolute Gasteiger partial charge is 0.453 e. The molecule has 30 heavy (non-hydrogen) atoms. The number of aryl methyl sites for hydroxylation is 1. The Morgan fingerprint density at radius 3 is 2.40 bits per heavy atom. The fraction of sp³-hybridized carbons (Fsp3) is 0.278. The standard InChI is InChI=1S/C18H12F6N4O2/c1-7-3-10(17(19,20)21)14(28-15(7)26-16(27-28)18(22,23)24)9-4-8-6-12(29)25-13(8)11(5-9)30-2/h3-5H,6H2,1-2H3,(H,25,29). The first kappa shape index (κ1) is 20.0. The fourth-order valence-corrected chi connectivity index (χ4v) is 3.41. The molecule has 12 heteroatoms. The summed E-state index contributed by atoms with van der Waals surface area (Å²) in [6, 6.07) is 3.23. The number of pyridine rings is 1. The van der Waals surface area contributed by atoms with Gasteiger partial charge in [0, 0.05) is 5.56 Å². The number of nitrogens with zero attached hydrogens (tertiary/aromatic N) is 3. The largest absolute Gasteiger partial charge is 0.495 e. The number of amides is 1. The molecule has 1 N–H and O–H groups in total. The predicted octanol–water partition coefficient (Wildman–Crippen LogP) is 4.25. The van der Waals surface area contributed by atoms with Gasteiger partial charge in [0.1, 0.15) is 5.75 Å². The molecule has 2 aromatic heterocycles. The topological polar surface area (TPSA) is 68.5 Å². The zero-order chi connectivity index (χ0) is 22.0. The fourth-order valence-electron chi connectivity index (χ4n) is 3.41. The molecule has 1 amide bonds. The minimum atomic E-state index is -4.94. The Kier molecular flexibility index (Phi) is 4.22. The van der Waals surface area contributed by atoms with E-state index in [-0.39, 0.29) is 34.9 Å². The summed E-state index contributed by atoms with van der Waals surface area (Å²) in [6.07, 6.45) is -9.94. The molecule has 0 unspecified atom stereocenters. The maximum absolute atomic E-state index is 13.8. The van der Waals surface area contributed by atoms with Crippen LogP contribution < -0.4 is 10.1 Å². The number of halogens is 6. The average molecular weight is 430 g/mol. The van der Waals surface area contributed by atoms with E-state index in [1.54, 1.807) is 0 Å².